The predicted octanol–water partition coefficient (Wildman–Crippen LogP) is 1.04. The maximum atomic E-state index is 12.0. The van der Waals surface area contributed by atoms with Crippen LogP contribution in [0.25, 0.3) is 0 Å². The van der Waals surface area contributed by atoms with Crippen LogP contribution in [-0.4, -0.2) is 27.8 Å². The van der Waals surface area contributed by atoms with Crippen molar-refractivity contribution in [2.75, 3.05) is 6.61 Å². The van der Waals surface area contributed by atoms with E-state index < -0.39 is 0 Å². The highest BCUT2D eigenvalue weighted by molar-refractivity contribution is 5.94. The Kier molecular flexibility index (Phi) is 5.07. The number of hydrogen-bond donors (Lipinski definition) is 2. The second kappa shape index (κ2) is 7.22. The van der Waals surface area contributed by atoms with Gasteiger partial charge in [-0.15, -0.1) is 0 Å². The van der Waals surface area contributed by atoms with Gasteiger partial charge in [0.25, 0.3) is 5.91 Å². The number of carbonyl (C=O) groups is 1. The van der Waals surface area contributed by atoms with E-state index in [9.17, 15) is 4.79 Å². The van der Waals surface area contributed by atoms with Crippen molar-refractivity contribution < 1.29 is 14.4 Å². The molecule has 0 spiro atoms. The minimum Gasteiger partial charge on any atom is -0.395 e. The molecule has 6 heteroatoms. The molecule has 0 unspecified atom stereocenters. The van der Waals surface area contributed by atoms with Gasteiger partial charge in [-0.3, -0.25) is 4.79 Å². The second-order valence-electron chi connectivity index (χ2n) is 4.34. The van der Waals surface area contributed by atoms with Crippen molar-refractivity contribution in [1.29, 1.82) is 0 Å². The van der Waals surface area contributed by atoms with E-state index in [1.165, 1.54) is 6.39 Å². The lowest BCUT2D eigenvalue weighted by Crippen LogP contribution is -2.23. The maximum Gasteiger partial charge on any atom is 0.251 e. The molecule has 0 fully saturated rings. The van der Waals surface area contributed by atoms with Gasteiger partial charge in [0.05, 0.1) is 13.2 Å². The lowest BCUT2D eigenvalue weighted by atomic mass is 10.0. The number of nitrogens with zero attached hydrogens (tertiary/aromatic N) is 2. The zero-order valence-electron chi connectivity index (χ0n) is 11.6. The number of nitrogens with one attached hydrogen (secondary N) is 1. The Morgan fingerprint density at radius 2 is 2.33 bits per heavy atom. The summed E-state index contributed by atoms with van der Waals surface area (Å²) in [4.78, 5) is 15.8. The average molecular weight is 285 g/mol. The van der Waals surface area contributed by atoms with Crippen LogP contribution in [0, 0.1) is 18.8 Å². The second-order valence-corrected chi connectivity index (χ2v) is 4.34. The SMILES string of the molecule is Cc1cc(C(=O)NCc2ncon2)ccc1C#CCCO. The van der Waals surface area contributed by atoms with E-state index >= 15 is 0 Å². The summed E-state index contributed by atoms with van der Waals surface area (Å²) in [6.07, 6.45) is 1.65. The van der Waals surface area contributed by atoms with Crippen molar-refractivity contribution in [2.45, 2.75) is 19.9 Å². The molecule has 0 saturated carbocycles. The van der Waals surface area contributed by atoms with E-state index in [-0.39, 0.29) is 19.1 Å². The fourth-order valence-electron chi connectivity index (χ4n) is 1.69. The molecule has 1 heterocycles. The van der Waals surface area contributed by atoms with Crippen LogP contribution in [0.1, 0.15) is 33.7 Å². The molecule has 0 bridgehead atoms. The molecular weight excluding hydrogens is 270 g/mol. The molecule has 0 aliphatic rings. The fraction of sp³-hybridized carbons (Fsp3) is 0.267. The zero-order chi connectivity index (χ0) is 15.1. The van der Waals surface area contributed by atoms with E-state index in [1.54, 1.807) is 18.2 Å². The number of aryl methyl sites for hydroxylation is 1. The van der Waals surface area contributed by atoms with Gasteiger partial charge in [-0.1, -0.05) is 17.0 Å². The highest BCUT2D eigenvalue weighted by atomic mass is 16.5. The molecule has 0 aliphatic carbocycles. The van der Waals surface area contributed by atoms with Gasteiger partial charge in [0.15, 0.2) is 5.82 Å². The first-order chi connectivity index (χ1) is 10.2. The third-order valence-electron chi connectivity index (χ3n) is 2.76. The van der Waals surface area contributed by atoms with Crippen LogP contribution in [0.3, 0.4) is 0 Å². The summed E-state index contributed by atoms with van der Waals surface area (Å²) in [6.45, 7) is 2.15. The van der Waals surface area contributed by atoms with Gasteiger partial charge in [-0.2, -0.15) is 4.98 Å². The molecule has 21 heavy (non-hydrogen) atoms. The summed E-state index contributed by atoms with van der Waals surface area (Å²) < 4.78 is 4.59. The van der Waals surface area contributed by atoms with Crippen LogP contribution < -0.4 is 5.32 Å². The molecule has 0 radical (unpaired) electrons. The Labute approximate surface area is 122 Å². The minimum absolute atomic E-state index is 0.0443. The van der Waals surface area contributed by atoms with Crippen molar-refractivity contribution >= 4 is 5.91 Å². The monoisotopic (exact) mass is 285 g/mol. The highest BCUT2D eigenvalue weighted by Gasteiger charge is 2.08. The molecule has 0 saturated heterocycles. The number of aliphatic hydroxyl groups is 1. The fourth-order valence-corrected chi connectivity index (χ4v) is 1.69. The Bertz CT molecular complexity index is 669. The number of rotatable bonds is 4. The largest absolute Gasteiger partial charge is 0.395 e. The van der Waals surface area contributed by atoms with Crippen LogP contribution in [0.2, 0.25) is 0 Å². The first-order valence-electron chi connectivity index (χ1n) is 6.44. The summed E-state index contributed by atoms with van der Waals surface area (Å²) >= 11 is 0. The van der Waals surface area contributed by atoms with Crippen LogP contribution in [0.5, 0.6) is 0 Å². The number of hydrogen-bond acceptors (Lipinski definition) is 5. The normalized spacial score (nSPS) is 9.81. The molecule has 108 valence electrons. The van der Waals surface area contributed by atoms with E-state index in [1.807, 2.05) is 6.92 Å². The van der Waals surface area contributed by atoms with Crippen LogP contribution in [0.15, 0.2) is 29.1 Å². The summed E-state index contributed by atoms with van der Waals surface area (Å²) in [5.74, 6) is 6.03. The van der Waals surface area contributed by atoms with Gasteiger partial charge in [-0.25, -0.2) is 0 Å². The molecular formula is C15H15N3O3. The number of aliphatic hydroxyl groups excluding tert-OH is 1. The van der Waals surface area contributed by atoms with E-state index in [0.29, 0.717) is 17.8 Å². The summed E-state index contributed by atoms with van der Waals surface area (Å²) in [7, 11) is 0. The van der Waals surface area contributed by atoms with Crippen molar-refractivity contribution in [3.05, 3.63) is 47.1 Å². The topological polar surface area (TPSA) is 88.3 Å². The van der Waals surface area contributed by atoms with Gasteiger partial charge in [0.2, 0.25) is 6.39 Å². The summed E-state index contributed by atoms with van der Waals surface area (Å²) in [5, 5.41) is 15.0. The molecule has 1 aromatic heterocycles. The molecule has 6 nitrogen and oxygen atoms in total. The van der Waals surface area contributed by atoms with E-state index in [2.05, 4.69) is 31.8 Å². The highest BCUT2D eigenvalue weighted by Crippen LogP contribution is 2.10. The first-order valence-corrected chi connectivity index (χ1v) is 6.44. The van der Waals surface area contributed by atoms with Crippen LogP contribution in [0.4, 0.5) is 0 Å². The molecule has 0 aliphatic heterocycles. The Balaban J connectivity index is 2.02. The lowest BCUT2D eigenvalue weighted by Gasteiger charge is -2.05. The predicted molar refractivity (Wildman–Crippen MR) is 75.2 cm³/mol. The molecule has 2 aromatic rings. The van der Waals surface area contributed by atoms with Crippen molar-refractivity contribution in [2.24, 2.45) is 0 Å². The third-order valence-corrected chi connectivity index (χ3v) is 2.76. The third kappa shape index (κ3) is 4.16. The van der Waals surface area contributed by atoms with Crippen molar-refractivity contribution in [3.8, 4) is 11.8 Å². The molecule has 1 aromatic carbocycles. The van der Waals surface area contributed by atoms with Gasteiger partial charge in [0, 0.05) is 17.5 Å². The Morgan fingerprint density at radius 3 is 3.00 bits per heavy atom. The Morgan fingerprint density at radius 1 is 1.48 bits per heavy atom. The van der Waals surface area contributed by atoms with E-state index in [0.717, 1.165) is 11.1 Å². The first kappa shape index (κ1) is 14.8. The maximum absolute atomic E-state index is 12.0. The minimum atomic E-state index is -0.210. The van der Waals surface area contributed by atoms with Gasteiger partial charge in [0.1, 0.15) is 0 Å². The van der Waals surface area contributed by atoms with Gasteiger partial charge < -0.3 is 14.9 Å². The Hall–Kier alpha value is -2.65. The average Bonchev–Trinajstić information content (AvgIpc) is 3.00. The number of amides is 1. The van der Waals surface area contributed by atoms with Crippen LogP contribution in [-0.2, 0) is 6.54 Å². The standard InChI is InChI=1S/C15H15N3O3/c1-11-8-13(6-5-12(11)4-2-3-7-19)15(20)16-9-14-17-10-21-18-14/h5-6,8,10,19H,3,7,9H2,1H3,(H,16,20). The molecule has 2 rings (SSSR count). The molecule has 0 atom stereocenters. The van der Waals surface area contributed by atoms with E-state index in [4.69, 9.17) is 5.11 Å². The van der Waals surface area contributed by atoms with Gasteiger partial charge >= 0.3 is 0 Å². The van der Waals surface area contributed by atoms with Crippen LogP contribution >= 0.6 is 0 Å². The summed E-state index contributed by atoms with van der Waals surface area (Å²) in [6, 6.07) is 5.28. The number of carbonyl (C=O) groups excluding carboxylic acids is 1. The van der Waals surface area contributed by atoms with Crippen molar-refractivity contribution in [1.82, 2.24) is 15.5 Å². The smallest absolute Gasteiger partial charge is 0.251 e. The van der Waals surface area contributed by atoms with Gasteiger partial charge in [-0.05, 0) is 30.7 Å². The summed E-state index contributed by atoms with van der Waals surface area (Å²) in [5.41, 5.74) is 2.30. The van der Waals surface area contributed by atoms with Crippen molar-refractivity contribution in [3.63, 3.8) is 0 Å². The number of aromatic nitrogens is 2. The molecule has 1 amide bonds. The zero-order valence-corrected chi connectivity index (χ0v) is 11.6. The lowest BCUT2D eigenvalue weighted by molar-refractivity contribution is 0.0949. The quantitative estimate of drug-likeness (QED) is 0.819. The number of benzene rings is 1. The molecule has 2 N–H and O–H groups in total.